The van der Waals surface area contributed by atoms with Gasteiger partial charge in [0, 0.05) is 12.1 Å². The predicted octanol–water partition coefficient (Wildman–Crippen LogP) is 3.01. The summed E-state index contributed by atoms with van der Waals surface area (Å²) in [5.74, 6) is -0.169. The zero-order valence-electron chi connectivity index (χ0n) is 10.1. The number of benzene rings is 1. The van der Waals surface area contributed by atoms with Gasteiger partial charge in [-0.3, -0.25) is 10.1 Å². The van der Waals surface area contributed by atoms with Crippen molar-refractivity contribution in [2.45, 2.75) is 6.92 Å². The highest BCUT2D eigenvalue weighted by molar-refractivity contribution is 7.19. The minimum Gasteiger partial charge on any atom is -0.376 e. The molecule has 0 bridgehead atoms. The molecule has 0 saturated heterocycles. The molecule has 2 N–H and O–H groups in total. The van der Waals surface area contributed by atoms with Gasteiger partial charge >= 0.3 is 0 Å². The van der Waals surface area contributed by atoms with Crippen LogP contribution in [-0.4, -0.2) is 17.4 Å². The van der Waals surface area contributed by atoms with Gasteiger partial charge in [-0.25, -0.2) is 4.98 Å². The Morgan fingerprint density at radius 2 is 2.33 bits per heavy atom. The van der Waals surface area contributed by atoms with E-state index in [1.54, 1.807) is 18.3 Å². The first-order chi connectivity index (χ1) is 8.69. The number of amides is 1. The van der Waals surface area contributed by atoms with E-state index in [0.717, 1.165) is 17.1 Å². The van der Waals surface area contributed by atoms with Crippen molar-refractivity contribution in [2.75, 3.05) is 17.2 Å². The normalized spacial score (nSPS) is 10.1. The molecule has 0 atom stereocenters. The van der Waals surface area contributed by atoms with Crippen LogP contribution in [0.1, 0.15) is 22.8 Å². The number of aromatic nitrogens is 1. The van der Waals surface area contributed by atoms with Gasteiger partial charge in [-0.15, -0.1) is 0 Å². The van der Waals surface area contributed by atoms with E-state index < -0.39 is 0 Å². The zero-order valence-corrected chi connectivity index (χ0v) is 10.9. The van der Waals surface area contributed by atoms with Crippen molar-refractivity contribution in [2.24, 2.45) is 0 Å². The molecule has 5 heteroatoms. The van der Waals surface area contributed by atoms with E-state index in [2.05, 4.69) is 22.5 Å². The first kappa shape index (κ1) is 12.6. The monoisotopic (exact) mass is 260 g/mol. The lowest BCUT2D eigenvalue weighted by molar-refractivity contribution is 0.102. The molecule has 0 aliphatic carbocycles. The second-order valence-electron chi connectivity index (χ2n) is 3.71. The molecule has 0 aliphatic heterocycles. The van der Waals surface area contributed by atoms with E-state index in [0.29, 0.717) is 10.7 Å². The Kier molecular flexibility index (Phi) is 3.94. The fourth-order valence-electron chi connectivity index (χ4n) is 1.47. The smallest absolute Gasteiger partial charge is 0.257 e. The minimum absolute atomic E-state index is 0.169. The molecule has 1 radical (unpaired) electrons. The minimum atomic E-state index is -0.169. The van der Waals surface area contributed by atoms with Crippen LogP contribution in [0.4, 0.5) is 10.1 Å². The maximum absolute atomic E-state index is 11.9. The van der Waals surface area contributed by atoms with E-state index >= 15 is 0 Å². The van der Waals surface area contributed by atoms with Crippen molar-refractivity contribution < 1.29 is 4.79 Å². The maximum atomic E-state index is 11.9. The number of nitrogens with zero attached hydrogens (tertiary/aromatic N) is 1. The molecule has 0 spiro atoms. The van der Waals surface area contributed by atoms with E-state index in [4.69, 9.17) is 0 Å². The van der Waals surface area contributed by atoms with Crippen LogP contribution in [-0.2, 0) is 0 Å². The van der Waals surface area contributed by atoms with Gasteiger partial charge in [-0.1, -0.05) is 23.5 Å². The summed E-state index contributed by atoms with van der Waals surface area (Å²) in [6.07, 6.45) is 1.71. The van der Waals surface area contributed by atoms with Gasteiger partial charge < -0.3 is 5.32 Å². The average molecular weight is 260 g/mol. The number of anilines is 2. The molecule has 18 heavy (non-hydrogen) atoms. The molecule has 1 aromatic heterocycles. The second kappa shape index (κ2) is 5.64. The fraction of sp³-hybridized carbons (Fsp3) is 0.154. The van der Waals surface area contributed by atoms with Crippen LogP contribution in [0.15, 0.2) is 30.5 Å². The number of nitrogens with one attached hydrogen (secondary N) is 2. The zero-order chi connectivity index (χ0) is 13.0. The summed E-state index contributed by atoms with van der Waals surface area (Å²) in [5, 5.41) is 7.44. The van der Waals surface area contributed by atoms with E-state index in [1.807, 2.05) is 19.1 Å². The molecule has 0 unspecified atom stereocenters. The van der Waals surface area contributed by atoms with Crippen molar-refractivity contribution in [1.82, 2.24) is 4.98 Å². The summed E-state index contributed by atoms with van der Waals surface area (Å²) in [5.41, 5.74) is 1.40. The predicted molar refractivity (Wildman–Crippen MR) is 75.1 cm³/mol. The van der Waals surface area contributed by atoms with Gasteiger partial charge in [0.05, 0.1) is 6.20 Å². The van der Waals surface area contributed by atoms with Crippen LogP contribution < -0.4 is 10.6 Å². The number of thiazole rings is 1. The lowest BCUT2D eigenvalue weighted by Gasteiger charge is -2.02. The highest BCUT2D eigenvalue weighted by Crippen LogP contribution is 2.23. The summed E-state index contributed by atoms with van der Waals surface area (Å²) >= 11 is 1.41. The first-order valence-corrected chi connectivity index (χ1v) is 6.43. The van der Waals surface area contributed by atoms with Crippen LogP contribution in [0, 0.1) is 6.92 Å². The molecule has 1 aromatic carbocycles. The summed E-state index contributed by atoms with van der Waals surface area (Å²) < 4.78 is 0. The molecule has 0 aliphatic rings. The Balaban J connectivity index is 2.06. The van der Waals surface area contributed by atoms with E-state index in [1.165, 1.54) is 11.3 Å². The van der Waals surface area contributed by atoms with Crippen LogP contribution in [0.5, 0.6) is 0 Å². The lowest BCUT2D eigenvalue weighted by Crippen LogP contribution is -2.11. The van der Waals surface area contributed by atoms with Crippen molar-refractivity contribution in [1.29, 1.82) is 0 Å². The second-order valence-corrected chi connectivity index (χ2v) is 4.75. The van der Waals surface area contributed by atoms with Crippen molar-refractivity contribution >= 4 is 27.4 Å². The van der Waals surface area contributed by atoms with Crippen LogP contribution >= 0.6 is 11.3 Å². The third kappa shape index (κ3) is 3.07. The Morgan fingerprint density at radius 3 is 3.06 bits per heavy atom. The van der Waals surface area contributed by atoms with Crippen LogP contribution in [0.25, 0.3) is 0 Å². The number of carbonyl (C=O) groups excluding carboxylic acids is 1. The Labute approximate surface area is 110 Å². The van der Waals surface area contributed by atoms with Gasteiger partial charge in [0.2, 0.25) is 0 Å². The first-order valence-electron chi connectivity index (χ1n) is 5.62. The summed E-state index contributed by atoms with van der Waals surface area (Å²) in [4.78, 5) is 16.1. The largest absolute Gasteiger partial charge is 0.376 e. The Morgan fingerprint density at radius 1 is 1.50 bits per heavy atom. The lowest BCUT2D eigenvalue weighted by atomic mass is 10.1. The maximum Gasteiger partial charge on any atom is 0.257 e. The molecule has 2 aromatic rings. The Bertz CT molecular complexity index is 551. The average Bonchev–Trinajstić information content (AvgIpc) is 2.77. The molecular formula is C13H14N3OS. The molecule has 2 rings (SSSR count). The molecular weight excluding hydrogens is 246 g/mol. The summed E-state index contributed by atoms with van der Waals surface area (Å²) in [7, 11) is 0. The number of hydrogen-bond acceptors (Lipinski definition) is 4. The molecule has 1 amide bonds. The molecule has 1 heterocycles. The molecule has 0 fully saturated rings. The Hall–Kier alpha value is -1.88. The third-order valence-electron chi connectivity index (χ3n) is 2.27. The van der Waals surface area contributed by atoms with Crippen LogP contribution in [0.3, 0.4) is 0 Å². The highest BCUT2D eigenvalue weighted by atomic mass is 32.1. The van der Waals surface area contributed by atoms with Gasteiger partial charge in [-0.2, -0.15) is 0 Å². The van der Waals surface area contributed by atoms with Crippen molar-refractivity contribution in [3.8, 4) is 0 Å². The SMILES string of the molecule is [CH2]c1cccc(C(=O)Nc2ncc(NCC)s2)c1. The van der Waals surface area contributed by atoms with Gasteiger partial charge in [0.1, 0.15) is 5.00 Å². The quantitative estimate of drug-likeness (QED) is 0.888. The third-order valence-corrected chi connectivity index (χ3v) is 3.14. The molecule has 4 nitrogen and oxygen atoms in total. The highest BCUT2D eigenvalue weighted by Gasteiger charge is 2.08. The number of hydrogen-bond donors (Lipinski definition) is 2. The van der Waals surface area contributed by atoms with Crippen LogP contribution in [0.2, 0.25) is 0 Å². The number of rotatable bonds is 4. The van der Waals surface area contributed by atoms with Crippen molar-refractivity contribution in [3.63, 3.8) is 0 Å². The van der Waals surface area contributed by atoms with Gasteiger partial charge in [0.25, 0.3) is 5.91 Å². The summed E-state index contributed by atoms with van der Waals surface area (Å²) in [6, 6.07) is 7.16. The van der Waals surface area contributed by atoms with Gasteiger partial charge in [-0.05, 0) is 31.5 Å². The van der Waals surface area contributed by atoms with Gasteiger partial charge in [0.15, 0.2) is 5.13 Å². The molecule has 93 valence electrons. The number of carbonyl (C=O) groups is 1. The van der Waals surface area contributed by atoms with E-state index in [-0.39, 0.29) is 5.91 Å². The van der Waals surface area contributed by atoms with E-state index in [9.17, 15) is 4.79 Å². The topological polar surface area (TPSA) is 54.0 Å². The molecule has 0 saturated carbocycles. The van der Waals surface area contributed by atoms with Crippen molar-refractivity contribution in [3.05, 3.63) is 48.5 Å². The standard InChI is InChI=1S/C13H14N3OS/c1-3-14-11-8-15-13(18-11)16-12(17)10-6-4-5-9(2)7-10/h4-8,14H,2-3H2,1H3,(H,15,16,17). The summed E-state index contributed by atoms with van der Waals surface area (Å²) in [6.45, 7) is 6.64. The fourth-order valence-corrected chi connectivity index (χ4v) is 2.25.